The van der Waals surface area contributed by atoms with Crippen molar-refractivity contribution in [3.63, 3.8) is 0 Å². The van der Waals surface area contributed by atoms with Crippen molar-refractivity contribution in [3.8, 4) is 11.3 Å². The Bertz CT molecular complexity index is 936. The fraction of sp³-hybridized carbons (Fsp3) is 0.476. The number of H-pyrrole nitrogens is 1. The van der Waals surface area contributed by atoms with Crippen LogP contribution in [0.15, 0.2) is 18.2 Å². The van der Waals surface area contributed by atoms with Gasteiger partial charge in [0.1, 0.15) is 6.10 Å². The van der Waals surface area contributed by atoms with E-state index < -0.39 is 0 Å². The second-order valence-electron chi connectivity index (χ2n) is 7.97. The molecule has 2 amide bonds. The molecule has 4 rings (SSSR count). The van der Waals surface area contributed by atoms with Crippen molar-refractivity contribution in [2.75, 3.05) is 23.3 Å². The zero-order valence-electron chi connectivity index (χ0n) is 17.0. The fourth-order valence-electron chi connectivity index (χ4n) is 3.97. The molecule has 1 aromatic heterocycles. The molecule has 1 aromatic carbocycles. The average molecular weight is 397 g/mol. The van der Waals surface area contributed by atoms with Crippen molar-refractivity contribution >= 4 is 23.5 Å². The number of benzene rings is 1. The van der Waals surface area contributed by atoms with Crippen LogP contribution in [-0.4, -0.2) is 47.4 Å². The number of carbonyl (C=O) groups is 2. The Kier molecular flexibility index (Phi) is 5.17. The lowest BCUT2D eigenvalue weighted by Crippen LogP contribution is -2.33. The van der Waals surface area contributed by atoms with Crippen molar-refractivity contribution in [3.05, 3.63) is 29.3 Å². The van der Waals surface area contributed by atoms with Gasteiger partial charge in [0.15, 0.2) is 5.82 Å². The van der Waals surface area contributed by atoms with Gasteiger partial charge in [-0.15, -0.1) is 0 Å². The van der Waals surface area contributed by atoms with Crippen LogP contribution in [0.3, 0.4) is 0 Å². The SMILES string of the molecule is CC(=O)NC[C@H]1CN(c2ccc3c(c2)CCCc2c(NC(C)C)n[nH]c2-3)C(=O)O1. The Labute approximate surface area is 170 Å². The number of carbonyl (C=O) groups excluding carboxylic acids is 2. The number of aromatic nitrogens is 2. The number of aromatic amines is 1. The molecule has 3 N–H and O–H groups in total. The molecule has 1 fully saturated rings. The Morgan fingerprint density at radius 3 is 2.97 bits per heavy atom. The summed E-state index contributed by atoms with van der Waals surface area (Å²) in [5, 5.41) is 13.8. The summed E-state index contributed by atoms with van der Waals surface area (Å²) in [5.74, 6) is 0.794. The predicted octanol–water partition coefficient (Wildman–Crippen LogP) is 2.85. The lowest BCUT2D eigenvalue weighted by Gasteiger charge is -2.16. The molecule has 1 aliphatic carbocycles. The van der Waals surface area contributed by atoms with Gasteiger partial charge in [-0.3, -0.25) is 14.8 Å². The number of aryl methyl sites for hydroxylation is 1. The van der Waals surface area contributed by atoms with Gasteiger partial charge >= 0.3 is 6.09 Å². The second-order valence-corrected chi connectivity index (χ2v) is 7.97. The van der Waals surface area contributed by atoms with E-state index in [1.165, 1.54) is 18.1 Å². The minimum absolute atomic E-state index is 0.133. The summed E-state index contributed by atoms with van der Waals surface area (Å²) in [7, 11) is 0. The van der Waals surface area contributed by atoms with Gasteiger partial charge in [0.05, 0.1) is 18.8 Å². The molecule has 154 valence electrons. The van der Waals surface area contributed by atoms with E-state index in [0.29, 0.717) is 19.1 Å². The third kappa shape index (κ3) is 3.92. The standard InChI is InChI=1S/C21H27N5O3/c1-12(2)23-20-18-6-4-5-14-9-15(7-8-17(14)19(18)24-25-20)26-11-16(29-21(26)28)10-22-13(3)27/h7-9,12,16H,4-6,10-11H2,1-3H3,(H,22,27)(H2,23,24,25)/t16-/m0/s1. The topological polar surface area (TPSA) is 99.4 Å². The predicted molar refractivity (Wildman–Crippen MR) is 111 cm³/mol. The molecule has 1 atom stereocenters. The molecule has 0 saturated carbocycles. The number of nitrogens with one attached hydrogen (secondary N) is 3. The first-order valence-electron chi connectivity index (χ1n) is 10.1. The summed E-state index contributed by atoms with van der Waals surface area (Å²) in [5.41, 5.74) is 5.43. The van der Waals surface area contributed by atoms with Crippen molar-refractivity contribution in [1.82, 2.24) is 15.5 Å². The summed E-state index contributed by atoms with van der Waals surface area (Å²) >= 11 is 0. The zero-order valence-corrected chi connectivity index (χ0v) is 17.0. The van der Waals surface area contributed by atoms with Crippen LogP contribution in [-0.2, 0) is 22.4 Å². The molecule has 0 unspecified atom stereocenters. The Morgan fingerprint density at radius 2 is 2.21 bits per heavy atom. The first kappa shape index (κ1) is 19.3. The molecule has 1 saturated heterocycles. The van der Waals surface area contributed by atoms with E-state index in [1.807, 2.05) is 6.07 Å². The molecule has 2 heterocycles. The molecule has 0 spiro atoms. The van der Waals surface area contributed by atoms with Gasteiger partial charge in [0, 0.05) is 29.8 Å². The van der Waals surface area contributed by atoms with Crippen LogP contribution in [0.2, 0.25) is 0 Å². The molecular formula is C21H27N5O3. The van der Waals surface area contributed by atoms with E-state index in [4.69, 9.17) is 4.74 Å². The van der Waals surface area contributed by atoms with Gasteiger partial charge in [-0.05, 0) is 50.8 Å². The first-order chi connectivity index (χ1) is 13.9. The maximum atomic E-state index is 12.3. The summed E-state index contributed by atoms with van der Waals surface area (Å²) in [6.07, 6.45) is 2.19. The molecule has 8 heteroatoms. The maximum Gasteiger partial charge on any atom is 0.414 e. The fourth-order valence-corrected chi connectivity index (χ4v) is 3.97. The van der Waals surface area contributed by atoms with E-state index in [-0.39, 0.29) is 18.1 Å². The van der Waals surface area contributed by atoms with Crippen molar-refractivity contribution in [1.29, 1.82) is 0 Å². The zero-order chi connectivity index (χ0) is 20.5. The Hall–Kier alpha value is -3.03. The van der Waals surface area contributed by atoms with Crippen molar-refractivity contribution < 1.29 is 14.3 Å². The van der Waals surface area contributed by atoms with Crippen LogP contribution in [0.5, 0.6) is 0 Å². The van der Waals surface area contributed by atoms with Crippen LogP contribution in [0, 0.1) is 0 Å². The lowest BCUT2D eigenvalue weighted by molar-refractivity contribution is -0.119. The van der Waals surface area contributed by atoms with Crippen LogP contribution < -0.4 is 15.5 Å². The van der Waals surface area contributed by atoms with Crippen LogP contribution in [0.1, 0.15) is 38.3 Å². The van der Waals surface area contributed by atoms with Gasteiger partial charge in [-0.25, -0.2) is 4.79 Å². The van der Waals surface area contributed by atoms with Gasteiger partial charge < -0.3 is 15.4 Å². The molecule has 0 bridgehead atoms. The molecule has 0 radical (unpaired) electrons. The van der Waals surface area contributed by atoms with E-state index >= 15 is 0 Å². The average Bonchev–Trinajstić information content (AvgIpc) is 3.17. The number of ether oxygens (including phenoxy) is 1. The molecule has 2 aromatic rings. The smallest absolute Gasteiger partial charge is 0.414 e. The molecule has 29 heavy (non-hydrogen) atoms. The number of amides is 2. The van der Waals surface area contributed by atoms with E-state index in [9.17, 15) is 9.59 Å². The van der Waals surface area contributed by atoms with Crippen LogP contribution in [0.4, 0.5) is 16.3 Å². The second kappa shape index (κ2) is 7.77. The van der Waals surface area contributed by atoms with E-state index in [0.717, 1.165) is 42.0 Å². The first-order valence-corrected chi connectivity index (χ1v) is 10.1. The highest BCUT2D eigenvalue weighted by Gasteiger charge is 2.33. The third-order valence-electron chi connectivity index (χ3n) is 5.29. The van der Waals surface area contributed by atoms with Crippen molar-refractivity contribution in [2.24, 2.45) is 0 Å². The molecular weight excluding hydrogens is 370 g/mol. The van der Waals surface area contributed by atoms with Gasteiger partial charge in [0.25, 0.3) is 0 Å². The summed E-state index contributed by atoms with van der Waals surface area (Å²) < 4.78 is 5.39. The Morgan fingerprint density at radius 1 is 1.38 bits per heavy atom. The summed E-state index contributed by atoms with van der Waals surface area (Å²) in [4.78, 5) is 25.1. The minimum Gasteiger partial charge on any atom is -0.442 e. The highest BCUT2D eigenvalue weighted by molar-refractivity contribution is 5.90. The molecule has 8 nitrogen and oxygen atoms in total. The highest BCUT2D eigenvalue weighted by Crippen LogP contribution is 2.37. The largest absolute Gasteiger partial charge is 0.442 e. The molecule has 2 aliphatic rings. The van der Waals surface area contributed by atoms with Gasteiger partial charge in [-0.2, -0.15) is 5.10 Å². The van der Waals surface area contributed by atoms with Crippen molar-refractivity contribution in [2.45, 2.75) is 52.2 Å². The normalized spacial score (nSPS) is 18.1. The minimum atomic E-state index is -0.375. The maximum absolute atomic E-state index is 12.3. The van der Waals surface area contributed by atoms with E-state index in [1.54, 1.807) is 4.90 Å². The Balaban J connectivity index is 1.58. The quantitative estimate of drug-likeness (QED) is 0.720. The van der Waals surface area contributed by atoms with Gasteiger partial charge in [0.2, 0.25) is 5.91 Å². The van der Waals surface area contributed by atoms with Gasteiger partial charge in [-0.1, -0.05) is 6.07 Å². The number of cyclic esters (lactones) is 1. The number of rotatable bonds is 5. The lowest BCUT2D eigenvalue weighted by atomic mass is 10.0. The monoisotopic (exact) mass is 397 g/mol. The van der Waals surface area contributed by atoms with Crippen LogP contribution in [0.25, 0.3) is 11.3 Å². The summed E-state index contributed by atoms with van der Waals surface area (Å²) in [6.45, 7) is 6.41. The molecule has 1 aliphatic heterocycles. The van der Waals surface area contributed by atoms with Crippen LogP contribution >= 0.6 is 0 Å². The highest BCUT2D eigenvalue weighted by atomic mass is 16.6. The number of anilines is 2. The number of nitrogens with zero attached hydrogens (tertiary/aromatic N) is 2. The summed E-state index contributed by atoms with van der Waals surface area (Å²) in [6, 6.07) is 6.40. The number of hydrogen-bond donors (Lipinski definition) is 3. The number of hydrogen-bond acceptors (Lipinski definition) is 5. The van der Waals surface area contributed by atoms with E-state index in [2.05, 4.69) is 46.8 Å². The third-order valence-corrected chi connectivity index (χ3v) is 5.29. The number of fused-ring (bicyclic) bond motifs is 3.